The first-order chi connectivity index (χ1) is 9.31. The van der Waals surface area contributed by atoms with Crippen LogP contribution in [-0.4, -0.2) is 9.97 Å². The Bertz CT molecular complexity index is 695. The van der Waals surface area contributed by atoms with Crippen LogP contribution in [0.15, 0.2) is 59.3 Å². The molecule has 4 heteroatoms. The van der Waals surface area contributed by atoms with Gasteiger partial charge in [-0.3, -0.25) is 9.97 Å². The number of hydrogen-bond donors (Lipinski definition) is 1. The fourth-order valence-electron chi connectivity index (χ4n) is 1.88. The molecule has 0 aliphatic rings. The van der Waals surface area contributed by atoms with E-state index in [9.17, 15) is 0 Å². The molecule has 0 amide bonds. The minimum atomic E-state index is 0.791. The van der Waals surface area contributed by atoms with Gasteiger partial charge in [-0.25, -0.2) is 0 Å². The van der Waals surface area contributed by atoms with Gasteiger partial charge in [0.2, 0.25) is 0 Å². The number of halogens is 1. The number of aromatic nitrogens is 2. The Labute approximate surface area is 119 Å². The van der Waals surface area contributed by atoms with Crippen molar-refractivity contribution in [2.24, 2.45) is 0 Å². The van der Waals surface area contributed by atoms with E-state index in [0.29, 0.717) is 0 Å². The van der Waals surface area contributed by atoms with E-state index in [2.05, 4.69) is 43.3 Å². The topological polar surface area (TPSA) is 37.8 Å². The molecule has 94 valence electrons. The summed E-state index contributed by atoms with van der Waals surface area (Å²) in [6, 6.07) is 14.3. The smallest absolute Gasteiger partial charge is 0.0907 e. The maximum atomic E-state index is 4.30. The number of anilines is 1. The third kappa shape index (κ3) is 2.90. The molecule has 0 atom stereocenters. The third-order valence-electron chi connectivity index (χ3n) is 2.88. The molecule has 0 saturated carbocycles. The maximum Gasteiger partial charge on any atom is 0.0907 e. The monoisotopic (exact) mass is 313 g/mol. The number of fused-ring (bicyclic) bond motifs is 1. The van der Waals surface area contributed by atoms with Crippen LogP contribution in [0.1, 0.15) is 5.56 Å². The molecule has 3 rings (SSSR count). The fourth-order valence-corrected chi connectivity index (χ4v) is 2.14. The van der Waals surface area contributed by atoms with E-state index in [-0.39, 0.29) is 0 Å². The number of benzene rings is 2. The lowest BCUT2D eigenvalue weighted by molar-refractivity contribution is 1.15. The van der Waals surface area contributed by atoms with Crippen molar-refractivity contribution in [1.82, 2.24) is 9.97 Å². The first-order valence-electron chi connectivity index (χ1n) is 6.00. The molecule has 0 fully saturated rings. The SMILES string of the molecule is Brc1ccc(CNc2ccc3nccnc3c2)cc1. The van der Waals surface area contributed by atoms with Crippen molar-refractivity contribution in [1.29, 1.82) is 0 Å². The summed E-state index contributed by atoms with van der Waals surface area (Å²) in [6.07, 6.45) is 3.41. The standard InChI is InChI=1S/C15H12BrN3/c16-12-3-1-11(2-4-12)10-19-13-5-6-14-15(9-13)18-8-7-17-14/h1-9,19H,10H2. The molecule has 1 aromatic heterocycles. The lowest BCUT2D eigenvalue weighted by Crippen LogP contribution is -1.99. The van der Waals surface area contributed by atoms with Crippen LogP contribution in [0.5, 0.6) is 0 Å². The third-order valence-corrected chi connectivity index (χ3v) is 3.41. The normalized spacial score (nSPS) is 10.6. The fraction of sp³-hybridized carbons (Fsp3) is 0.0667. The summed E-state index contributed by atoms with van der Waals surface area (Å²) in [7, 11) is 0. The van der Waals surface area contributed by atoms with Crippen molar-refractivity contribution in [3.63, 3.8) is 0 Å². The summed E-state index contributed by atoms with van der Waals surface area (Å²) in [4.78, 5) is 8.55. The van der Waals surface area contributed by atoms with Gasteiger partial charge in [-0.1, -0.05) is 28.1 Å². The molecule has 3 nitrogen and oxygen atoms in total. The Morgan fingerprint density at radius 2 is 1.63 bits per heavy atom. The second-order valence-electron chi connectivity index (χ2n) is 4.24. The molecule has 2 aromatic carbocycles. The maximum absolute atomic E-state index is 4.30. The van der Waals surface area contributed by atoms with E-state index in [0.717, 1.165) is 27.7 Å². The molecule has 0 spiro atoms. The van der Waals surface area contributed by atoms with E-state index in [1.165, 1.54) is 5.56 Å². The molecule has 0 bridgehead atoms. The Kier molecular flexibility index (Phi) is 3.42. The molecule has 0 radical (unpaired) electrons. The minimum Gasteiger partial charge on any atom is -0.381 e. The van der Waals surface area contributed by atoms with Gasteiger partial charge in [-0.05, 0) is 35.9 Å². The lowest BCUT2D eigenvalue weighted by atomic mass is 10.2. The highest BCUT2D eigenvalue weighted by Gasteiger charge is 1.98. The van der Waals surface area contributed by atoms with Crippen LogP contribution < -0.4 is 5.32 Å². The van der Waals surface area contributed by atoms with E-state index in [1.807, 2.05) is 30.3 Å². The van der Waals surface area contributed by atoms with Gasteiger partial charge in [0.25, 0.3) is 0 Å². The average Bonchev–Trinajstić information content (AvgIpc) is 2.46. The van der Waals surface area contributed by atoms with Crippen molar-refractivity contribution >= 4 is 32.7 Å². The summed E-state index contributed by atoms with van der Waals surface area (Å²) in [5.74, 6) is 0. The Balaban J connectivity index is 1.76. The second kappa shape index (κ2) is 5.36. The minimum absolute atomic E-state index is 0.791. The highest BCUT2D eigenvalue weighted by Crippen LogP contribution is 2.16. The Morgan fingerprint density at radius 1 is 0.895 bits per heavy atom. The largest absolute Gasteiger partial charge is 0.381 e. The van der Waals surface area contributed by atoms with Crippen molar-refractivity contribution in [3.8, 4) is 0 Å². The zero-order chi connectivity index (χ0) is 13.1. The first kappa shape index (κ1) is 12.1. The molecule has 19 heavy (non-hydrogen) atoms. The van der Waals surface area contributed by atoms with Crippen LogP contribution >= 0.6 is 15.9 Å². The quantitative estimate of drug-likeness (QED) is 0.794. The summed E-state index contributed by atoms with van der Waals surface area (Å²) in [5.41, 5.74) is 4.11. The highest BCUT2D eigenvalue weighted by molar-refractivity contribution is 9.10. The molecule has 3 aromatic rings. The van der Waals surface area contributed by atoms with E-state index in [4.69, 9.17) is 0 Å². The van der Waals surface area contributed by atoms with Crippen LogP contribution in [0.4, 0.5) is 5.69 Å². The van der Waals surface area contributed by atoms with Crippen molar-refractivity contribution in [2.75, 3.05) is 5.32 Å². The second-order valence-corrected chi connectivity index (χ2v) is 5.16. The van der Waals surface area contributed by atoms with E-state index in [1.54, 1.807) is 12.4 Å². The van der Waals surface area contributed by atoms with Crippen LogP contribution in [-0.2, 0) is 6.54 Å². The summed E-state index contributed by atoms with van der Waals surface area (Å²) in [6.45, 7) is 0.791. The van der Waals surface area contributed by atoms with Crippen molar-refractivity contribution < 1.29 is 0 Å². The average molecular weight is 314 g/mol. The van der Waals surface area contributed by atoms with Gasteiger partial charge in [0.05, 0.1) is 11.0 Å². The summed E-state index contributed by atoms with van der Waals surface area (Å²) in [5, 5.41) is 3.39. The van der Waals surface area contributed by atoms with Gasteiger partial charge < -0.3 is 5.32 Å². The van der Waals surface area contributed by atoms with Crippen molar-refractivity contribution in [3.05, 3.63) is 64.9 Å². The Hall–Kier alpha value is -1.94. The van der Waals surface area contributed by atoms with Gasteiger partial charge in [0, 0.05) is 29.1 Å². The molecule has 1 heterocycles. The molecule has 0 aliphatic carbocycles. The van der Waals surface area contributed by atoms with Gasteiger partial charge in [0.1, 0.15) is 0 Å². The molecule has 0 aliphatic heterocycles. The van der Waals surface area contributed by atoms with Crippen LogP contribution in [0.2, 0.25) is 0 Å². The van der Waals surface area contributed by atoms with Crippen LogP contribution in [0, 0.1) is 0 Å². The zero-order valence-electron chi connectivity index (χ0n) is 10.2. The molecule has 1 N–H and O–H groups in total. The predicted octanol–water partition coefficient (Wildman–Crippen LogP) is 4.00. The number of hydrogen-bond acceptors (Lipinski definition) is 3. The van der Waals surface area contributed by atoms with Gasteiger partial charge in [0.15, 0.2) is 0 Å². The molecule has 0 saturated heterocycles. The predicted molar refractivity (Wildman–Crippen MR) is 81.0 cm³/mol. The van der Waals surface area contributed by atoms with Gasteiger partial charge in [-0.15, -0.1) is 0 Å². The molecular formula is C15H12BrN3. The van der Waals surface area contributed by atoms with E-state index >= 15 is 0 Å². The number of nitrogens with zero attached hydrogens (tertiary/aromatic N) is 2. The highest BCUT2D eigenvalue weighted by atomic mass is 79.9. The molecule has 0 unspecified atom stereocenters. The number of nitrogens with one attached hydrogen (secondary N) is 1. The van der Waals surface area contributed by atoms with Crippen LogP contribution in [0.25, 0.3) is 11.0 Å². The van der Waals surface area contributed by atoms with E-state index < -0.39 is 0 Å². The van der Waals surface area contributed by atoms with Gasteiger partial charge >= 0.3 is 0 Å². The Morgan fingerprint density at radius 3 is 2.42 bits per heavy atom. The van der Waals surface area contributed by atoms with Crippen LogP contribution in [0.3, 0.4) is 0 Å². The first-order valence-corrected chi connectivity index (χ1v) is 6.80. The van der Waals surface area contributed by atoms with Crippen molar-refractivity contribution in [2.45, 2.75) is 6.54 Å². The molecular weight excluding hydrogens is 302 g/mol. The summed E-state index contributed by atoms with van der Waals surface area (Å²) < 4.78 is 1.09. The summed E-state index contributed by atoms with van der Waals surface area (Å²) >= 11 is 3.43. The van der Waals surface area contributed by atoms with Gasteiger partial charge in [-0.2, -0.15) is 0 Å². The number of rotatable bonds is 3. The zero-order valence-corrected chi connectivity index (χ0v) is 11.8. The lowest BCUT2D eigenvalue weighted by Gasteiger charge is -2.07.